The van der Waals surface area contributed by atoms with Crippen molar-refractivity contribution < 1.29 is 8.95 Å². The molecule has 2 unspecified atom stereocenters. The third-order valence-corrected chi connectivity index (χ3v) is 4.53. The number of likely N-dealkylation sites (N-methyl/N-ethyl adjacent to an activating group) is 1. The second-order valence-electron chi connectivity index (χ2n) is 4.95. The molecule has 19 heavy (non-hydrogen) atoms. The summed E-state index contributed by atoms with van der Waals surface area (Å²) < 4.78 is 17.4. The highest BCUT2D eigenvalue weighted by atomic mass is 32.2. The van der Waals surface area contributed by atoms with Crippen LogP contribution in [0.4, 0.5) is 0 Å². The van der Waals surface area contributed by atoms with Crippen LogP contribution in [-0.2, 0) is 15.5 Å². The lowest BCUT2D eigenvalue weighted by molar-refractivity contribution is 0.174. The molecular weight excluding hydrogens is 258 g/mol. The smallest absolute Gasteiger partial charge is 0.0624 e. The van der Waals surface area contributed by atoms with Crippen LogP contribution >= 0.6 is 0 Å². The molecule has 0 radical (unpaired) electrons. The molecule has 3 nitrogen and oxygen atoms in total. The fraction of sp³-hybridized carbons (Fsp3) is 0.600. The summed E-state index contributed by atoms with van der Waals surface area (Å²) in [6.07, 6.45) is 0. The number of nitrogens with one attached hydrogen (secondary N) is 1. The van der Waals surface area contributed by atoms with Crippen LogP contribution in [0.15, 0.2) is 29.2 Å². The van der Waals surface area contributed by atoms with Crippen LogP contribution in [0.1, 0.15) is 32.3 Å². The fourth-order valence-electron chi connectivity index (χ4n) is 1.94. The van der Waals surface area contributed by atoms with E-state index in [0.717, 1.165) is 11.4 Å². The van der Waals surface area contributed by atoms with Crippen molar-refractivity contribution in [3.05, 3.63) is 29.8 Å². The average molecular weight is 283 g/mol. The van der Waals surface area contributed by atoms with Crippen molar-refractivity contribution in [1.82, 2.24) is 5.32 Å². The van der Waals surface area contributed by atoms with Gasteiger partial charge in [-0.15, -0.1) is 0 Å². The summed E-state index contributed by atoms with van der Waals surface area (Å²) in [6.45, 7) is 7.81. The van der Waals surface area contributed by atoms with Crippen molar-refractivity contribution in [2.45, 2.75) is 37.6 Å². The van der Waals surface area contributed by atoms with Gasteiger partial charge in [-0.1, -0.05) is 32.9 Å². The van der Waals surface area contributed by atoms with Crippen LogP contribution in [0.25, 0.3) is 0 Å². The first-order chi connectivity index (χ1) is 9.08. The van der Waals surface area contributed by atoms with Crippen LogP contribution < -0.4 is 5.32 Å². The van der Waals surface area contributed by atoms with Crippen molar-refractivity contribution in [3.63, 3.8) is 0 Å². The van der Waals surface area contributed by atoms with Gasteiger partial charge in [-0.25, -0.2) is 0 Å². The summed E-state index contributed by atoms with van der Waals surface area (Å²) in [5, 5.41) is 3.30. The molecule has 0 heterocycles. The van der Waals surface area contributed by atoms with Crippen molar-refractivity contribution in [1.29, 1.82) is 0 Å². The molecule has 0 saturated carbocycles. The maximum absolute atomic E-state index is 12.3. The van der Waals surface area contributed by atoms with E-state index in [-0.39, 0.29) is 6.04 Å². The van der Waals surface area contributed by atoms with E-state index in [1.807, 2.05) is 19.1 Å². The number of benzene rings is 1. The number of ether oxygens (including phenoxy) is 1. The molecule has 2 atom stereocenters. The van der Waals surface area contributed by atoms with Gasteiger partial charge in [0, 0.05) is 23.8 Å². The highest BCUT2D eigenvalue weighted by molar-refractivity contribution is 7.85. The van der Waals surface area contributed by atoms with Gasteiger partial charge < -0.3 is 10.1 Å². The van der Waals surface area contributed by atoms with Crippen LogP contribution in [0.5, 0.6) is 0 Å². The van der Waals surface area contributed by atoms with E-state index < -0.39 is 10.8 Å². The summed E-state index contributed by atoms with van der Waals surface area (Å²) in [4.78, 5) is 0.892. The largest absolute Gasteiger partial charge is 0.383 e. The number of hydrogen-bond acceptors (Lipinski definition) is 3. The third kappa shape index (κ3) is 5.43. The molecule has 0 spiro atoms. The summed E-state index contributed by atoms with van der Waals surface area (Å²) in [5.74, 6) is 1.09. The Morgan fingerprint density at radius 2 is 1.89 bits per heavy atom. The van der Waals surface area contributed by atoms with Crippen molar-refractivity contribution in [2.24, 2.45) is 0 Å². The zero-order chi connectivity index (χ0) is 14.3. The van der Waals surface area contributed by atoms with E-state index in [1.165, 1.54) is 5.56 Å². The predicted octanol–water partition coefficient (Wildman–Crippen LogP) is 2.54. The molecule has 1 N–H and O–H groups in total. The molecular formula is C15H25NO2S. The van der Waals surface area contributed by atoms with Gasteiger partial charge in [-0.2, -0.15) is 0 Å². The maximum Gasteiger partial charge on any atom is 0.0624 e. The van der Waals surface area contributed by atoms with Gasteiger partial charge in [0.15, 0.2) is 0 Å². The Hall–Kier alpha value is -0.710. The SMILES string of the molecule is CCNC(COC)CS(=O)c1ccc(C(C)C)cc1. The summed E-state index contributed by atoms with van der Waals surface area (Å²) in [6, 6.07) is 8.22. The minimum Gasteiger partial charge on any atom is -0.383 e. The van der Waals surface area contributed by atoms with E-state index in [4.69, 9.17) is 4.74 Å². The zero-order valence-corrected chi connectivity index (χ0v) is 13.1. The Labute approximate surface area is 119 Å². The first kappa shape index (κ1) is 16.3. The zero-order valence-electron chi connectivity index (χ0n) is 12.3. The van der Waals surface area contributed by atoms with Crippen molar-refractivity contribution >= 4 is 10.8 Å². The highest BCUT2D eigenvalue weighted by Gasteiger charge is 2.13. The minimum absolute atomic E-state index is 0.139. The van der Waals surface area contributed by atoms with E-state index in [2.05, 4.69) is 31.3 Å². The lowest BCUT2D eigenvalue weighted by Crippen LogP contribution is -2.37. The summed E-state index contributed by atoms with van der Waals surface area (Å²) >= 11 is 0. The van der Waals surface area contributed by atoms with Gasteiger partial charge in [0.05, 0.1) is 17.4 Å². The molecule has 0 amide bonds. The van der Waals surface area contributed by atoms with Gasteiger partial charge in [-0.05, 0) is 30.2 Å². The highest BCUT2D eigenvalue weighted by Crippen LogP contribution is 2.16. The Bertz CT molecular complexity index is 384. The lowest BCUT2D eigenvalue weighted by Gasteiger charge is -2.16. The Kier molecular flexibility index (Phi) is 7.28. The van der Waals surface area contributed by atoms with E-state index in [0.29, 0.717) is 18.3 Å². The molecule has 0 aliphatic heterocycles. The molecule has 0 aliphatic rings. The molecule has 0 saturated heterocycles. The quantitative estimate of drug-likeness (QED) is 0.797. The molecule has 1 aromatic rings. The Morgan fingerprint density at radius 3 is 2.37 bits per heavy atom. The van der Waals surface area contributed by atoms with Crippen LogP contribution in [0.3, 0.4) is 0 Å². The summed E-state index contributed by atoms with van der Waals surface area (Å²) in [7, 11) is 0.691. The number of rotatable bonds is 8. The Morgan fingerprint density at radius 1 is 1.26 bits per heavy atom. The standard InChI is InChI=1S/C15H25NO2S/c1-5-16-14(10-18-4)11-19(17)15-8-6-13(7-9-15)12(2)3/h6-9,12,14,16H,5,10-11H2,1-4H3. The fourth-order valence-corrected chi connectivity index (χ4v) is 3.15. The van der Waals surface area contributed by atoms with Gasteiger partial charge in [-0.3, -0.25) is 4.21 Å². The monoisotopic (exact) mass is 283 g/mol. The topological polar surface area (TPSA) is 38.3 Å². The molecule has 0 fully saturated rings. The van der Waals surface area contributed by atoms with Crippen molar-refractivity contribution in [2.75, 3.05) is 26.0 Å². The second kappa shape index (κ2) is 8.46. The first-order valence-electron chi connectivity index (χ1n) is 6.79. The van der Waals surface area contributed by atoms with Crippen molar-refractivity contribution in [3.8, 4) is 0 Å². The number of hydrogen-bond donors (Lipinski definition) is 1. The first-order valence-corrected chi connectivity index (χ1v) is 8.11. The molecule has 1 rings (SSSR count). The average Bonchev–Trinajstić information content (AvgIpc) is 2.39. The van der Waals surface area contributed by atoms with E-state index in [1.54, 1.807) is 7.11 Å². The van der Waals surface area contributed by atoms with Gasteiger partial charge in [0.25, 0.3) is 0 Å². The molecule has 1 aromatic carbocycles. The molecule has 4 heteroatoms. The maximum atomic E-state index is 12.3. The molecule has 0 bridgehead atoms. The van der Waals surface area contributed by atoms with Gasteiger partial charge in [0.1, 0.15) is 0 Å². The Balaban J connectivity index is 2.65. The van der Waals surface area contributed by atoms with Crippen LogP contribution in [-0.4, -0.2) is 36.3 Å². The second-order valence-corrected chi connectivity index (χ2v) is 6.44. The van der Waals surface area contributed by atoms with Crippen LogP contribution in [0.2, 0.25) is 0 Å². The number of methoxy groups -OCH3 is 1. The molecule has 108 valence electrons. The molecule has 0 aliphatic carbocycles. The van der Waals surface area contributed by atoms with Crippen LogP contribution in [0, 0.1) is 0 Å². The third-order valence-electron chi connectivity index (χ3n) is 3.02. The van der Waals surface area contributed by atoms with E-state index in [9.17, 15) is 4.21 Å². The normalized spacial score (nSPS) is 14.6. The van der Waals surface area contributed by atoms with Gasteiger partial charge >= 0.3 is 0 Å². The summed E-state index contributed by atoms with van der Waals surface area (Å²) in [5.41, 5.74) is 1.28. The predicted molar refractivity (Wildman–Crippen MR) is 81.1 cm³/mol. The molecule has 0 aromatic heterocycles. The lowest BCUT2D eigenvalue weighted by atomic mass is 10.0. The minimum atomic E-state index is -0.980. The van der Waals surface area contributed by atoms with E-state index >= 15 is 0 Å². The van der Waals surface area contributed by atoms with Gasteiger partial charge in [0.2, 0.25) is 0 Å².